The lowest BCUT2D eigenvalue weighted by Gasteiger charge is -2.26. The number of phenolic OH excluding ortho intramolecular Hbond substituents is 1. The summed E-state index contributed by atoms with van der Waals surface area (Å²) in [5.74, 6) is 0.809. The number of nitrogens with one attached hydrogen (secondary N) is 1. The number of carbonyl (C=O) groups is 1. The average molecular weight is 353 g/mol. The predicted molar refractivity (Wildman–Crippen MR) is 85.5 cm³/mol. The number of hydrogen-bond acceptors (Lipinski definition) is 3. The number of aromatic hydroxyl groups is 1. The molecule has 0 spiro atoms. The molecular weight excluding hydrogens is 332 g/mol. The smallest absolute Gasteiger partial charge is 0.254 e. The Balaban J connectivity index is 1.73. The molecule has 2 fully saturated rings. The normalized spacial score (nSPS) is 21.5. The molecule has 1 aromatic carbocycles. The largest absolute Gasteiger partial charge is 0.507 e. The number of carbonyl (C=O) groups excluding carboxylic acids is 1. The second kappa shape index (κ2) is 6.36. The van der Waals surface area contributed by atoms with E-state index in [9.17, 15) is 9.90 Å². The average Bonchev–Trinajstić information content (AvgIpc) is 3.14. The Morgan fingerprint density at radius 1 is 1.33 bits per heavy atom. The monoisotopic (exact) mass is 352 g/mol. The molecule has 0 radical (unpaired) electrons. The highest BCUT2D eigenvalue weighted by molar-refractivity contribution is 9.10. The van der Waals surface area contributed by atoms with Gasteiger partial charge in [0, 0.05) is 24.7 Å². The summed E-state index contributed by atoms with van der Waals surface area (Å²) in [6, 6.07) is 5.46. The number of benzene rings is 1. The van der Waals surface area contributed by atoms with Crippen molar-refractivity contribution in [1.29, 1.82) is 0 Å². The lowest BCUT2D eigenvalue weighted by atomic mass is 10.1. The van der Waals surface area contributed by atoms with E-state index in [2.05, 4.69) is 21.2 Å². The first kappa shape index (κ1) is 14.9. The standard InChI is InChI=1S/C16H21BrN2O2/c17-14-6-5-12(8-15(14)20)16(21)19(9-11-3-4-11)10-13-2-1-7-18-13/h5-6,8,11,13,18,20H,1-4,7,9-10H2. The maximum absolute atomic E-state index is 12.7. The molecule has 3 rings (SSSR count). The first-order valence-electron chi connectivity index (χ1n) is 7.64. The third-order valence-electron chi connectivity index (χ3n) is 4.26. The fraction of sp³-hybridized carbons (Fsp3) is 0.562. The van der Waals surface area contributed by atoms with E-state index in [0.29, 0.717) is 22.0 Å². The van der Waals surface area contributed by atoms with Gasteiger partial charge in [-0.15, -0.1) is 0 Å². The van der Waals surface area contributed by atoms with Gasteiger partial charge in [0.2, 0.25) is 0 Å². The number of hydrogen-bond donors (Lipinski definition) is 2. The van der Waals surface area contributed by atoms with E-state index < -0.39 is 0 Å². The van der Waals surface area contributed by atoms with E-state index in [1.165, 1.54) is 19.3 Å². The van der Waals surface area contributed by atoms with Gasteiger partial charge in [-0.05, 0) is 72.3 Å². The molecule has 2 aliphatic rings. The molecule has 1 saturated heterocycles. The van der Waals surface area contributed by atoms with Gasteiger partial charge < -0.3 is 15.3 Å². The van der Waals surface area contributed by atoms with Crippen molar-refractivity contribution in [3.05, 3.63) is 28.2 Å². The zero-order valence-electron chi connectivity index (χ0n) is 12.0. The third-order valence-corrected chi connectivity index (χ3v) is 4.93. The van der Waals surface area contributed by atoms with Crippen molar-refractivity contribution >= 4 is 21.8 Å². The fourth-order valence-corrected chi connectivity index (χ4v) is 3.11. The lowest BCUT2D eigenvalue weighted by Crippen LogP contribution is -2.42. The van der Waals surface area contributed by atoms with Crippen LogP contribution in [0.25, 0.3) is 0 Å². The van der Waals surface area contributed by atoms with Crippen LogP contribution in [0.4, 0.5) is 0 Å². The first-order valence-corrected chi connectivity index (χ1v) is 8.44. The van der Waals surface area contributed by atoms with Gasteiger partial charge in [0.25, 0.3) is 5.91 Å². The van der Waals surface area contributed by atoms with Crippen LogP contribution >= 0.6 is 15.9 Å². The number of nitrogens with zero attached hydrogens (tertiary/aromatic N) is 1. The van der Waals surface area contributed by atoms with Crippen molar-refractivity contribution in [2.24, 2.45) is 5.92 Å². The molecule has 114 valence electrons. The molecule has 1 aliphatic heterocycles. The Kier molecular flexibility index (Phi) is 4.50. The van der Waals surface area contributed by atoms with Gasteiger partial charge in [0.05, 0.1) is 4.47 Å². The molecular formula is C16H21BrN2O2. The highest BCUT2D eigenvalue weighted by atomic mass is 79.9. The quantitative estimate of drug-likeness (QED) is 0.856. The summed E-state index contributed by atoms with van der Waals surface area (Å²) >= 11 is 3.25. The van der Waals surface area contributed by atoms with E-state index in [1.807, 2.05) is 4.90 Å². The topological polar surface area (TPSA) is 52.6 Å². The summed E-state index contributed by atoms with van der Waals surface area (Å²) in [7, 11) is 0. The van der Waals surface area contributed by atoms with Gasteiger partial charge in [0.15, 0.2) is 0 Å². The van der Waals surface area contributed by atoms with Gasteiger partial charge in [-0.3, -0.25) is 4.79 Å². The molecule has 21 heavy (non-hydrogen) atoms. The van der Waals surface area contributed by atoms with Crippen molar-refractivity contribution in [1.82, 2.24) is 10.2 Å². The highest BCUT2D eigenvalue weighted by Crippen LogP contribution is 2.31. The van der Waals surface area contributed by atoms with Crippen LogP contribution in [0.3, 0.4) is 0 Å². The molecule has 0 bridgehead atoms. The zero-order valence-corrected chi connectivity index (χ0v) is 13.6. The van der Waals surface area contributed by atoms with Gasteiger partial charge >= 0.3 is 0 Å². The zero-order chi connectivity index (χ0) is 14.8. The Hall–Kier alpha value is -1.07. The summed E-state index contributed by atoms with van der Waals surface area (Å²) in [6.45, 7) is 2.66. The second-order valence-electron chi connectivity index (χ2n) is 6.11. The Morgan fingerprint density at radius 2 is 2.14 bits per heavy atom. The van der Waals surface area contributed by atoms with Crippen LogP contribution in [0.2, 0.25) is 0 Å². The van der Waals surface area contributed by atoms with Crippen LogP contribution < -0.4 is 5.32 Å². The Labute approximate surface area is 133 Å². The van der Waals surface area contributed by atoms with E-state index in [1.54, 1.807) is 18.2 Å². The van der Waals surface area contributed by atoms with Crippen LogP contribution in [0.15, 0.2) is 22.7 Å². The van der Waals surface area contributed by atoms with Gasteiger partial charge in [-0.2, -0.15) is 0 Å². The van der Waals surface area contributed by atoms with Crippen molar-refractivity contribution in [2.45, 2.75) is 31.7 Å². The third kappa shape index (κ3) is 3.77. The van der Waals surface area contributed by atoms with Crippen molar-refractivity contribution in [3.8, 4) is 5.75 Å². The minimum atomic E-state index is 0.0263. The van der Waals surface area contributed by atoms with Crippen LogP contribution in [0.5, 0.6) is 5.75 Å². The van der Waals surface area contributed by atoms with Crippen LogP contribution in [-0.4, -0.2) is 41.6 Å². The van der Waals surface area contributed by atoms with Gasteiger partial charge in [-0.25, -0.2) is 0 Å². The van der Waals surface area contributed by atoms with E-state index in [4.69, 9.17) is 0 Å². The summed E-state index contributed by atoms with van der Waals surface area (Å²) in [5.41, 5.74) is 0.564. The SMILES string of the molecule is O=C(c1ccc(Br)c(O)c1)N(CC1CC1)CC1CCCN1. The number of amides is 1. The summed E-state index contributed by atoms with van der Waals surface area (Å²) in [4.78, 5) is 14.7. The number of halogens is 1. The molecule has 4 nitrogen and oxygen atoms in total. The minimum absolute atomic E-state index is 0.0263. The molecule has 1 heterocycles. The van der Waals surface area contributed by atoms with Crippen molar-refractivity contribution < 1.29 is 9.90 Å². The lowest BCUT2D eigenvalue weighted by molar-refractivity contribution is 0.0733. The maximum atomic E-state index is 12.7. The number of rotatable bonds is 5. The molecule has 5 heteroatoms. The Morgan fingerprint density at radius 3 is 2.76 bits per heavy atom. The van der Waals surface area contributed by atoms with Crippen molar-refractivity contribution in [3.63, 3.8) is 0 Å². The van der Waals surface area contributed by atoms with E-state index in [0.717, 1.165) is 26.1 Å². The second-order valence-corrected chi connectivity index (χ2v) is 6.97. The number of phenols is 1. The highest BCUT2D eigenvalue weighted by Gasteiger charge is 2.29. The molecule has 1 aromatic rings. The van der Waals surface area contributed by atoms with Crippen molar-refractivity contribution in [2.75, 3.05) is 19.6 Å². The first-order chi connectivity index (χ1) is 10.1. The van der Waals surface area contributed by atoms with E-state index >= 15 is 0 Å². The maximum Gasteiger partial charge on any atom is 0.254 e. The van der Waals surface area contributed by atoms with Crippen LogP contribution in [0, 0.1) is 5.92 Å². The molecule has 1 aliphatic carbocycles. The van der Waals surface area contributed by atoms with Crippen LogP contribution in [0.1, 0.15) is 36.0 Å². The molecule has 1 atom stereocenters. The molecule has 0 aromatic heterocycles. The van der Waals surface area contributed by atoms with Gasteiger partial charge in [-0.1, -0.05) is 0 Å². The molecule has 2 N–H and O–H groups in total. The van der Waals surface area contributed by atoms with Gasteiger partial charge in [0.1, 0.15) is 5.75 Å². The minimum Gasteiger partial charge on any atom is -0.507 e. The Bertz CT molecular complexity index is 525. The summed E-state index contributed by atoms with van der Waals surface area (Å²) in [6.07, 6.45) is 4.79. The molecule has 1 unspecified atom stereocenters. The predicted octanol–water partition coefficient (Wildman–Crippen LogP) is 2.76. The summed E-state index contributed by atoms with van der Waals surface area (Å²) < 4.78 is 0.616. The van der Waals surface area contributed by atoms with Crippen LogP contribution in [-0.2, 0) is 0 Å². The van der Waals surface area contributed by atoms with E-state index in [-0.39, 0.29) is 11.7 Å². The molecule has 1 amide bonds. The molecule has 1 saturated carbocycles. The summed E-state index contributed by atoms with van der Waals surface area (Å²) in [5, 5.41) is 13.2. The fourth-order valence-electron chi connectivity index (χ4n) is 2.86.